The van der Waals surface area contributed by atoms with E-state index < -0.39 is 7.00 Å². The summed E-state index contributed by atoms with van der Waals surface area (Å²) in [7, 11) is -1.15. The molecule has 30 valence electrons. The molecule has 0 aromatic rings. The molecule has 0 aliphatic carbocycles. The van der Waals surface area contributed by atoms with Crippen LogP contribution < -0.4 is 0 Å². The van der Waals surface area contributed by atoms with E-state index in [1.54, 1.807) is 0 Å². The lowest BCUT2D eigenvalue weighted by Gasteiger charge is -1.53. The second kappa shape index (κ2) is 2.67. The molecule has 1 unspecified atom stereocenters. The zero-order valence-electron chi connectivity index (χ0n) is 3.01. The first-order valence-corrected chi connectivity index (χ1v) is 4.00. The van der Waals surface area contributed by atoms with E-state index in [0.29, 0.717) is 6.16 Å². The SMILES string of the molecule is CC[P+](=O)S. The molecule has 0 aliphatic rings. The Labute approximate surface area is 37.7 Å². The van der Waals surface area contributed by atoms with Crippen molar-refractivity contribution in [1.82, 2.24) is 0 Å². The topological polar surface area (TPSA) is 17.1 Å². The first kappa shape index (κ1) is 5.45. The van der Waals surface area contributed by atoms with Crippen molar-refractivity contribution in [3.8, 4) is 0 Å². The molecule has 0 heterocycles. The highest BCUT2D eigenvalue weighted by Crippen LogP contribution is 2.22. The van der Waals surface area contributed by atoms with Gasteiger partial charge in [0.1, 0.15) is 12.2 Å². The lowest BCUT2D eigenvalue weighted by atomic mass is 11.0. The molecular weight excluding hydrogens is 103 g/mol. The van der Waals surface area contributed by atoms with Crippen molar-refractivity contribution in [2.45, 2.75) is 6.92 Å². The van der Waals surface area contributed by atoms with Gasteiger partial charge in [0, 0.05) is 0 Å². The first-order valence-electron chi connectivity index (χ1n) is 1.41. The van der Waals surface area contributed by atoms with Crippen molar-refractivity contribution in [2.75, 3.05) is 6.16 Å². The van der Waals surface area contributed by atoms with Crippen molar-refractivity contribution < 1.29 is 4.57 Å². The molecule has 0 aromatic carbocycles. The van der Waals surface area contributed by atoms with E-state index in [0.717, 1.165) is 0 Å². The van der Waals surface area contributed by atoms with Crippen LogP contribution in [0.5, 0.6) is 0 Å². The van der Waals surface area contributed by atoms with Crippen LogP contribution in [0.3, 0.4) is 0 Å². The van der Waals surface area contributed by atoms with Crippen LogP contribution in [-0.2, 0) is 4.57 Å². The molecule has 1 nitrogen and oxygen atoms in total. The minimum Gasteiger partial charge on any atom is -0.0599 e. The number of rotatable bonds is 1. The molecule has 0 saturated heterocycles. The smallest absolute Gasteiger partial charge is 0.0599 e. The monoisotopic (exact) mass is 109 g/mol. The first-order chi connectivity index (χ1) is 2.27. The van der Waals surface area contributed by atoms with Gasteiger partial charge in [0.05, 0.1) is 0 Å². The van der Waals surface area contributed by atoms with Crippen molar-refractivity contribution in [3.05, 3.63) is 0 Å². The van der Waals surface area contributed by atoms with Crippen LogP contribution in [0.15, 0.2) is 0 Å². The van der Waals surface area contributed by atoms with Gasteiger partial charge in [0.25, 0.3) is 0 Å². The van der Waals surface area contributed by atoms with Gasteiger partial charge in [-0.05, 0) is 6.92 Å². The predicted molar refractivity (Wildman–Crippen MR) is 27.1 cm³/mol. The molecule has 0 bridgehead atoms. The minimum atomic E-state index is -1.15. The van der Waals surface area contributed by atoms with E-state index in [9.17, 15) is 4.57 Å². The standard InChI is InChI=1S/C2H5OPS/c1-2-4(3)5/h2H2,1H3/p+1. The van der Waals surface area contributed by atoms with E-state index in [4.69, 9.17) is 0 Å². The third kappa shape index (κ3) is 4.45. The molecule has 0 spiro atoms. The summed E-state index contributed by atoms with van der Waals surface area (Å²) in [6, 6.07) is 0. The molecule has 0 rings (SSSR count). The van der Waals surface area contributed by atoms with Gasteiger partial charge in [0.15, 0.2) is 6.16 Å². The van der Waals surface area contributed by atoms with E-state index in [2.05, 4.69) is 12.2 Å². The average Bonchev–Trinajstić information content (AvgIpc) is 1.38. The summed E-state index contributed by atoms with van der Waals surface area (Å²) in [5, 5.41) is 0. The maximum atomic E-state index is 9.82. The van der Waals surface area contributed by atoms with Gasteiger partial charge in [-0.25, -0.2) is 0 Å². The van der Waals surface area contributed by atoms with E-state index in [1.807, 2.05) is 6.92 Å². The van der Waals surface area contributed by atoms with Crippen LogP contribution in [0.2, 0.25) is 0 Å². The van der Waals surface area contributed by atoms with Gasteiger partial charge >= 0.3 is 7.00 Å². The Morgan fingerprint density at radius 2 is 2.20 bits per heavy atom. The molecule has 1 atom stereocenters. The highest BCUT2D eigenvalue weighted by molar-refractivity contribution is 8.40. The van der Waals surface area contributed by atoms with E-state index >= 15 is 0 Å². The van der Waals surface area contributed by atoms with Gasteiger partial charge in [-0.3, -0.25) is 0 Å². The molecule has 0 saturated carbocycles. The van der Waals surface area contributed by atoms with Crippen LogP contribution in [0, 0.1) is 0 Å². The van der Waals surface area contributed by atoms with Crippen molar-refractivity contribution in [1.29, 1.82) is 0 Å². The van der Waals surface area contributed by atoms with Crippen molar-refractivity contribution in [2.24, 2.45) is 0 Å². The maximum Gasteiger partial charge on any atom is 0.406 e. The minimum absolute atomic E-state index is 0.679. The highest BCUT2D eigenvalue weighted by atomic mass is 32.7. The Balaban J connectivity index is 2.85. The second-order valence-electron chi connectivity index (χ2n) is 0.668. The quantitative estimate of drug-likeness (QED) is 0.400. The van der Waals surface area contributed by atoms with Gasteiger partial charge < -0.3 is 0 Å². The lowest BCUT2D eigenvalue weighted by Crippen LogP contribution is -1.48. The molecule has 0 N–H and O–H groups in total. The fourth-order valence-electron chi connectivity index (χ4n) is 0. The molecule has 0 aromatic heterocycles. The largest absolute Gasteiger partial charge is 0.406 e. The van der Waals surface area contributed by atoms with Crippen LogP contribution in [-0.4, -0.2) is 6.16 Å². The molecular formula is C2H6OPS+. The molecule has 0 radical (unpaired) electrons. The Morgan fingerprint density at radius 1 is 2.00 bits per heavy atom. The molecule has 5 heavy (non-hydrogen) atoms. The van der Waals surface area contributed by atoms with Gasteiger partial charge in [-0.2, -0.15) is 0 Å². The summed E-state index contributed by atoms with van der Waals surface area (Å²) >= 11 is 3.61. The number of hydrogen-bond donors (Lipinski definition) is 1. The number of hydrogen-bond acceptors (Lipinski definition) is 1. The van der Waals surface area contributed by atoms with Crippen LogP contribution in [0.4, 0.5) is 0 Å². The summed E-state index contributed by atoms with van der Waals surface area (Å²) in [4.78, 5) is 0. The third-order valence-electron chi connectivity index (χ3n) is 0.271. The Morgan fingerprint density at radius 3 is 2.20 bits per heavy atom. The summed E-state index contributed by atoms with van der Waals surface area (Å²) in [5.74, 6) is 0. The fraction of sp³-hybridized carbons (Fsp3) is 1.00. The van der Waals surface area contributed by atoms with Gasteiger partial charge in [-0.1, -0.05) is 4.57 Å². The van der Waals surface area contributed by atoms with Gasteiger partial charge in [0.2, 0.25) is 0 Å². The Hall–Kier alpha value is 0.450. The zero-order chi connectivity index (χ0) is 4.28. The molecule has 3 heteroatoms. The Kier molecular flexibility index (Phi) is 2.92. The van der Waals surface area contributed by atoms with Crippen LogP contribution in [0.1, 0.15) is 6.92 Å². The predicted octanol–water partition coefficient (Wildman–Crippen LogP) is 1.68. The molecule has 0 amide bonds. The summed E-state index contributed by atoms with van der Waals surface area (Å²) in [6.07, 6.45) is 0.679. The van der Waals surface area contributed by atoms with E-state index in [-0.39, 0.29) is 0 Å². The van der Waals surface area contributed by atoms with Crippen molar-refractivity contribution >= 4 is 19.3 Å². The van der Waals surface area contributed by atoms with Gasteiger partial charge in [-0.15, -0.1) is 0 Å². The van der Waals surface area contributed by atoms with Crippen LogP contribution in [0.25, 0.3) is 0 Å². The van der Waals surface area contributed by atoms with Crippen molar-refractivity contribution in [3.63, 3.8) is 0 Å². The van der Waals surface area contributed by atoms with Crippen LogP contribution >= 0.6 is 19.3 Å². The normalized spacial score (nSPS) is 11.2. The lowest BCUT2D eigenvalue weighted by molar-refractivity contribution is 0.597. The number of thiol groups is 1. The summed E-state index contributed by atoms with van der Waals surface area (Å²) in [5.41, 5.74) is 0. The average molecular weight is 109 g/mol. The summed E-state index contributed by atoms with van der Waals surface area (Å²) in [6.45, 7) is 1.84. The maximum absolute atomic E-state index is 9.82. The Bertz CT molecular complexity index is 44.9. The summed E-state index contributed by atoms with van der Waals surface area (Å²) < 4.78 is 9.82. The highest BCUT2D eigenvalue weighted by Gasteiger charge is 1.96. The zero-order valence-corrected chi connectivity index (χ0v) is 4.80. The second-order valence-corrected chi connectivity index (χ2v) is 3.34. The van der Waals surface area contributed by atoms with E-state index in [1.165, 1.54) is 0 Å². The molecule has 0 aliphatic heterocycles. The third-order valence-corrected chi connectivity index (χ3v) is 1.66. The molecule has 0 fully saturated rings. The fourth-order valence-corrected chi connectivity index (χ4v) is 0.